The van der Waals surface area contributed by atoms with Gasteiger partial charge in [0.25, 0.3) is 5.91 Å². The molecule has 1 aliphatic rings. The van der Waals surface area contributed by atoms with Crippen LogP contribution in [0.4, 0.5) is 0 Å². The van der Waals surface area contributed by atoms with E-state index in [0.29, 0.717) is 11.6 Å². The Labute approximate surface area is 174 Å². The van der Waals surface area contributed by atoms with Gasteiger partial charge < -0.3 is 9.64 Å². The van der Waals surface area contributed by atoms with E-state index in [0.717, 1.165) is 57.7 Å². The predicted octanol–water partition coefficient (Wildman–Crippen LogP) is 2.90. The molecule has 0 aliphatic carbocycles. The number of carbonyl (C=O) groups excluding carboxylic acids is 1. The van der Waals surface area contributed by atoms with E-state index in [4.69, 9.17) is 4.74 Å². The summed E-state index contributed by atoms with van der Waals surface area (Å²) in [6.45, 7) is 6.25. The van der Waals surface area contributed by atoms with Crippen molar-refractivity contribution in [2.75, 3.05) is 40.4 Å². The van der Waals surface area contributed by atoms with E-state index in [1.54, 1.807) is 11.8 Å². The molecule has 0 spiro atoms. The Kier molecular flexibility index (Phi) is 7.45. The normalized spacial score (nSPS) is 15.3. The maximum Gasteiger partial charge on any atom is 0.274 e. The fourth-order valence-electron chi connectivity index (χ4n) is 3.92. The Morgan fingerprint density at radius 1 is 1.21 bits per heavy atom. The highest BCUT2D eigenvalue weighted by atomic mass is 16.5. The Hall–Kier alpha value is -2.18. The van der Waals surface area contributed by atoms with E-state index in [2.05, 4.69) is 41.3 Å². The van der Waals surface area contributed by atoms with Crippen LogP contribution in [-0.2, 0) is 24.8 Å². The number of amides is 1. The fraction of sp³-hybridized carbons (Fsp3) is 0.565. The highest BCUT2D eigenvalue weighted by Gasteiger charge is 2.25. The van der Waals surface area contributed by atoms with Crippen LogP contribution in [0.2, 0.25) is 0 Å². The number of benzene rings is 1. The van der Waals surface area contributed by atoms with Gasteiger partial charge in [-0.3, -0.25) is 14.4 Å². The van der Waals surface area contributed by atoms with E-state index in [1.165, 1.54) is 11.1 Å². The zero-order valence-corrected chi connectivity index (χ0v) is 18.2. The molecule has 0 unspecified atom stereocenters. The Balaban J connectivity index is 1.46. The first-order valence-corrected chi connectivity index (χ1v) is 10.5. The smallest absolute Gasteiger partial charge is 0.274 e. The number of aryl methyl sites for hydroxylation is 2. The molecule has 1 saturated heterocycles. The molecule has 1 aliphatic heterocycles. The SMILES string of the molecule is COCCN(C)Cc1ccc(CC2CCN(C(=O)c3cc(C)n(C)n3)CC2)cc1. The van der Waals surface area contributed by atoms with Crippen LogP contribution in [0.5, 0.6) is 0 Å². The van der Waals surface area contributed by atoms with Gasteiger partial charge in [-0.25, -0.2) is 0 Å². The van der Waals surface area contributed by atoms with Gasteiger partial charge in [0.1, 0.15) is 0 Å². The third-order valence-electron chi connectivity index (χ3n) is 5.91. The van der Waals surface area contributed by atoms with Crippen molar-refractivity contribution in [2.45, 2.75) is 32.7 Å². The van der Waals surface area contributed by atoms with Gasteiger partial charge in [-0.05, 0) is 56.3 Å². The Morgan fingerprint density at radius 3 is 2.45 bits per heavy atom. The van der Waals surface area contributed by atoms with Crippen molar-refractivity contribution in [3.63, 3.8) is 0 Å². The third-order valence-corrected chi connectivity index (χ3v) is 5.91. The third kappa shape index (κ3) is 5.90. The summed E-state index contributed by atoms with van der Waals surface area (Å²) >= 11 is 0. The topological polar surface area (TPSA) is 50.6 Å². The van der Waals surface area contributed by atoms with E-state index in [1.807, 2.05) is 24.9 Å². The van der Waals surface area contributed by atoms with Gasteiger partial charge in [-0.15, -0.1) is 0 Å². The van der Waals surface area contributed by atoms with Gasteiger partial charge in [-0.2, -0.15) is 5.10 Å². The Morgan fingerprint density at radius 2 is 1.86 bits per heavy atom. The molecule has 6 heteroatoms. The zero-order chi connectivity index (χ0) is 20.8. The summed E-state index contributed by atoms with van der Waals surface area (Å²) in [5, 5.41) is 4.33. The molecule has 1 aromatic carbocycles. The molecule has 0 N–H and O–H groups in total. The maximum absolute atomic E-state index is 12.7. The van der Waals surface area contributed by atoms with Gasteiger partial charge >= 0.3 is 0 Å². The molecule has 0 atom stereocenters. The molecule has 158 valence electrons. The number of hydrogen-bond donors (Lipinski definition) is 0. The van der Waals surface area contributed by atoms with Crippen LogP contribution in [0.3, 0.4) is 0 Å². The lowest BCUT2D eigenvalue weighted by atomic mass is 9.90. The summed E-state index contributed by atoms with van der Waals surface area (Å²) in [6, 6.07) is 10.9. The van der Waals surface area contributed by atoms with Crippen LogP contribution >= 0.6 is 0 Å². The number of ether oxygens (including phenoxy) is 1. The molecule has 6 nitrogen and oxygen atoms in total. The molecule has 0 saturated carbocycles. The summed E-state index contributed by atoms with van der Waals surface area (Å²) < 4.78 is 6.90. The summed E-state index contributed by atoms with van der Waals surface area (Å²) in [4.78, 5) is 16.9. The highest BCUT2D eigenvalue weighted by molar-refractivity contribution is 5.92. The number of rotatable bonds is 8. The minimum atomic E-state index is 0.0640. The minimum Gasteiger partial charge on any atom is -0.383 e. The van der Waals surface area contributed by atoms with Gasteiger partial charge in [0.05, 0.1) is 6.61 Å². The summed E-state index contributed by atoms with van der Waals surface area (Å²) in [6.07, 6.45) is 3.20. The molecule has 2 aromatic rings. The number of carbonyl (C=O) groups is 1. The van der Waals surface area contributed by atoms with Gasteiger partial charge in [-0.1, -0.05) is 24.3 Å². The molecule has 0 radical (unpaired) electrons. The molecule has 1 aromatic heterocycles. The van der Waals surface area contributed by atoms with Crippen molar-refractivity contribution in [3.05, 3.63) is 52.8 Å². The van der Waals surface area contributed by atoms with Crippen LogP contribution < -0.4 is 0 Å². The van der Waals surface area contributed by atoms with E-state index < -0.39 is 0 Å². The van der Waals surface area contributed by atoms with Crippen LogP contribution in [0.1, 0.15) is 40.2 Å². The fourth-order valence-corrected chi connectivity index (χ4v) is 3.92. The average Bonchev–Trinajstić information content (AvgIpc) is 3.06. The minimum absolute atomic E-state index is 0.0640. The second kappa shape index (κ2) is 10.0. The monoisotopic (exact) mass is 398 g/mol. The summed E-state index contributed by atoms with van der Waals surface area (Å²) in [5.74, 6) is 0.703. The van der Waals surface area contributed by atoms with E-state index in [9.17, 15) is 4.79 Å². The van der Waals surface area contributed by atoms with Crippen molar-refractivity contribution in [3.8, 4) is 0 Å². The van der Waals surface area contributed by atoms with E-state index >= 15 is 0 Å². The largest absolute Gasteiger partial charge is 0.383 e. The first-order valence-electron chi connectivity index (χ1n) is 10.5. The van der Waals surface area contributed by atoms with Crippen LogP contribution in [-0.4, -0.2) is 65.9 Å². The summed E-state index contributed by atoms with van der Waals surface area (Å²) in [5.41, 5.74) is 4.29. The summed E-state index contributed by atoms with van der Waals surface area (Å²) in [7, 11) is 5.73. The lowest BCUT2D eigenvalue weighted by molar-refractivity contribution is 0.0684. The lowest BCUT2D eigenvalue weighted by Crippen LogP contribution is -2.39. The second-order valence-corrected chi connectivity index (χ2v) is 8.28. The van der Waals surface area contributed by atoms with E-state index in [-0.39, 0.29) is 5.91 Å². The molecular formula is C23H34N4O2. The van der Waals surface area contributed by atoms with Gasteiger partial charge in [0.2, 0.25) is 0 Å². The molecule has 2 heterocycles. The molecule has 1 fully saturated rings. The van der Waals surface area contributed by atoms with Gasteiger partial charge in [0.15, 0.2) is 5.69 Å². The molecule has 1 amide bonds. The van der Waals surface area contributed by atoms with Crippen molar-refractivity contribution < 1.29 is 9.53 Å². The Bertz CT molecular complexity index is 772. The number of likely N-dealkylation sites (tertiary alicyclic amines) is 1. The number of likely N-dealkylation sites (N-methyl/N-ethyl adjacent to an activating group) is 1. The standard InChI is InChI=1S/C23H34N4O2/c1-18-15-22(24-26(18)3)23(28)27-11-9-20(10-12-27)16-19-5-7-21(8-6-19)17-25(2)13-14-29-4/h5-8,15,20H,9-14,16-17H2,1-4H3. The zero-order valence-electron chi connectivity index (χ0n) is 18.2. The molecular weight excluding hydrogens is 364 g/mol. The first-order chi connectivity index (χ1) is 14.0. The number of piperidine rings is 1. The molecule has 0 bridgehead atoms. The lowest BCUT2D eigenvalue weighted by Gasteiger charge is -2.31. The van der Waals surface area contributed by atoms with Gasteiger partial charge in [0, 0.05) is 46.0 Å². The van der Waals surface area contributed by atoms with Crippen molar-refractivity contribution in [1.82, 2.24) is 19.6 Å². The highest BCUT2D eigenvalue weighted by Crippen LogP contribution is 2.23. The number of nitrogens with zero attached hydrogens (tertiary/aromatic N) is 4. The predicted molar refractivity (Wildman–Crippen MR) is 115 cm³/mol. The number of aromatic nitrogens is 2. The average molecular weight is 399 g/mol. The second-order valence-electron chi connectivity index (χ2n) is 8.28. The quantitative estimate of drug-likeness (QED) is 0.686. The van der Waals surface area contributed by atoms with Crippen LogP contribution in [0.15, 0.2) is 30.3 Å². The van der Waals surface area contributed by atoms with Crippen LogP contribution in [0, 0.1) is 12.8 Å². The van der Waals surface area contributed by atoms with Crippen molar-refractivity contribution in [2.24, 2.45) is 13.0 Å². The molecule has 29 heavy (non-hydrogen) atoms. The van der Waals surface area contributed by atoms with Crippen LogP contribution in [0.25, 0.3) is 0 Å². The van der Waals surface area contributed by atoms with Crippen molar-refractivity contribution >= 4 is 5.91 Å². The molecule has 3 rings (SSSR count). The van der Waals surface area contributed by atoms with Crippen molar-refractivity contribution in [1.29, 1.82) is 0 Å². The number of methoxy groups -OCH3 is 1. The number of hydrogen-bond acceptors (Lipinski definition) is 4. The maximum atomic E-state index is 12.7. The first kappa shape index (κ1) is 21.5.